The highest BCUT2D eigenvalue weighted by Gasteiger charge is 2.24. The van der Waals surface area contributed by atoms with Gasteiger partial charge in [0.15, 0.2) is 0 Å². The molecule has 0 bridgehead atoms. The summed E-state index contributed by atoms with van der Waals surface area (Å²) in [7, 11) is 0. The number of aryl methyl sites for hydroxylation is 2. The van der Waals surface area contributed by atoms with Crippen LogP contribution in [0.1, 0.15) is 18.3 Å². The molecule has 19 heavy (non-hydrogen) atoms. The average molecular weight is 283 g/mol. The Labute approximate surface area is 112 Å². The van der Waals surface area contributed by atoms with Gasteiger partial charge in [-0.2, -0.15) is 5.10 Å². The van der Waals surface area contributed by atoms with Crippen molar-refractivity contribution in [2.75, 3.05) is 5.32 Å². The van der Waals surface area contributed by atoms with Crippen LogP contribution in [0, 0.1) is 17.0 Å². The van der Waals surface area contributed by atoms with E-state index in [1.807, 2.05) is 6.92 Å². The number of nitrogens with one attached hydrogen (secondary N) is 2. The molecular formula is C10H13N5O3S. The summed E-state index contributed by atoms with van der Waals surface area (Å²) in [5.41, 5.74) is 1.03. The third-order valence-corrected chi connectivity index (χ3v) is 3.31. The lowest BCUT2D eigenvalue weighted by molar-refractivity contribution is -0.384. The van der Waals surface area contributed by atoms with Crippen LogP contribution in [0.15, 0.2) is 10.2 Å². The Bertz CT molecular complexity index is 656. The number of hydrogen-bond donors (Lipinski definition) is 2. The number of hydrogen-bond acceptors (Lipinski definition) is 6. The number of aromatic amines is 1. The van der Waals surface area contributed by atoms with Crippen LogP contribution in [0.3, 0.4) is 0 Å². The van der Waals surface area contributed by atoms with Gasteiger partial charge in [-0.1, -0.05) is 11.3 Å². The van der Waals surface area contributed by atoms with Crippen molar-refractivity contribution in [3.05, 3.63) is 36.5 Å². The van der Waals surface area contributed by atoms with E-state index in [1.54, 1.807) is 12.3 Å². The van der Waals surface area contributed by atoms with Gasteiger partial charge < -0.3 is 10.3 Å². The first-order valence-corrected chi connectivity index (χ1v) is 6.53. The maximum absolute atomic E-state index is 11.0. The van der Waals surface area contributed by atoms with Crippen LogP contribution in [0.5, 0.6) is 0 Å². The molecular weight excluding hydrogens is 270 g/mol. The summed E-state index contributed by atoms with van der Waals surface area (Å²) >= 11 is 1.06. The standard InChI is InChI=1S/C10H13N5O3S/c1-3-14-9(8(15(17)18)6(2)13-14)11-4-7-5-19-10(16)12-7/h5,11H,3-4H2,1-2H3,(H,12,16). The lowest BCUT2D eigenvalue weighted by Crippen LogP contribution is -2.09. The molecule has 0 aromatic carbocycles. The first-order valence-electron chi connectivity index (χ1n) is 5.65. The van der Waals surface area contributed by atoms with Gasteiger partial charge in [-0.15, -0.1) is 0 Å². The largest absolute Gasteiger partial charge is 0.359 e. The molecule has 0 radical (unpaired) electrons. The number of nitro groups is 1. The summed E-state index contributed by atoms with van der Waals surface area (Å²) in [6.07, 6.45) is 0. The Kier molecular flexibility index (Phi) is 3.65. The Morgan fingerprint density at radius 2 is 2.37 bits per heavy atom. The van der Waals surface area contributed by atoms with Crippen molar-refractivity contribution in [3.63, 3.8) is 0 Å². The maximum atomic E-state index is 11.0. The van der Waals surface area contributed by atoms with Crippen molar-refractivity contribution < 1.29 is 4.92 Å². The predicted octanol–water partition coefficient (Wildman–Crippen LogP) is 1.48. The van der Waals surface area contributed by atoms with E-state index in [9.17, 15) is 14.9 Å². The molecule has 0 fully saturated rings. The Hall–Kier alpha value is -2.16. The van der Waals surface area contributed by atoms with Crippen LogP contribution < -0.4 is 10.2 Å². The van der Waals surface area contributed by atoms with E-state index in [2.05, 4.69) is 15.4 Å². The minimum absolute atomic E-state index is 0.0283. The Morgan fingerprint density at radius 3 is 2.89 bits per heavy atom. The Balaban J connectivity index is 2.27. The molecule has 0 aliphatic carbocycles. The summed E-state index contributed by atoms with van der Waals surface area (Å²) in [5.74, 6) is 0.358. The molecule has 2 heterocycles. The van der Waals surface area contributed by atoms with Gasteiger partial charge in [-0.3, -0.25) is 14.9 Å². The normalized spacial score (nSPS) is 10.6. The molecule has 9 heteroatoms. The third-order valence-electron chi connectivity index (χ3n) is 2.60. The fourth-order valence-corrected chi connectivity index (χ4v) is 2.36. The van der Waals surface area contributed by atoms with Crippen molar-refractivity contribution in [3.8, 4) is 0 Å². The molecule has 0 aliphatic rings. The van der Waals surface area contributed by atoms with Crippen molar-refractivity contribution in [1.29, 1.82) is 0 Å². The summed E-state index contributed by atoms with van der Waals surface area (Å²) in [6, 6.07) is 0. The van der Waals surface area contributed by atoms with Crippen LogP contribution >= 0.6 is 11.3 Å². The number of H-pyrrole nitrogens is 1. The highest BCUT2D eigenvalue weighted by molar-refractivity contribution is 7.07. The molecule has 0 saturated heterocycles. The van der Waals surface area contributed by atoms with E-state index in [-0.39, 0.29) is 10.6 Å². The highest BCUT2D eigenvalue weighted by atomic mass is 32.1. The monoisotopic (exact) mass is 283 g/mol. The van der Waals surface area contributed by atoms with Crippen molar-refractivity contribution in [2.24, 2.45) is 0 Å². The van der Waals surface area contributed by atoms with Gasteiger partial charge in [-0.05, 0) is 13.8 Å². The van der Waals surface area contributed by atoms with Crippen molar-refractivity contribution in [2.45, 2.75) is 26.9 Å². The molecule has 2 aromatic rings. The number of rotatable bonds is 5. The lowest BCUT2D eigenvalue weighted by atomic mass is 10.3. The second-order valence-electron chi connectivity index (χ2n) is 3.88. The zero-order valence-corrected chi connectivity index (χ0v) is 11.3. The Morgan fingerprint density at radius 1 is 1.63 bits per heavy atom. The van der Waals surface area contributed by atoms with Gasteiger partial charge in [0.05, 0.1) is 11.5 Å². The molecule has 0 amide bonds. The van der Waals surface area contributed by atoms with Gasteiger partial charge in [0.25, 0.3) is 0 Å². The second-order valence-corrected chi connectivity index (χ2v) is 4.72. The van der Waals surface area contributed by atoms with Crippen LogP contribution in [0.4, 0.5) is 11.5 Å². The minimum Gasteiger partial charge on any atom is -0.359 e. The van der Waals surface area contributed by atoms with Gasteiger partial charge in [0, 0.05) is 17.6 Å². The second kappa shape index (κ2) is 5.22. The van der Waals surface area contributed by atoms with Crippen LogP contribution in [0.2, 0.25) is 0 Å². The molecule has 2 aromatic heterocycles. The zero-order valence-electron chi connectivity index (χ0n) is 10.5. The molecule has 2 N–H and O–H groups in total. The van der Waals surface area contributed by atoms with Crippen LogP contribution in [0.25, 0.3) is 0 Å². The quantitative estimate of drug-likeness (QED) is 0.638. The third kappa shape index (κ3) is 2.65. The molecule has 0 saturated carbocycles. The highest BCUT2D eigenvalue weighted by Crippen LogP contribution is 2.28. The number of aromatic nitrogens is 3. The molecule has 2 rings (SSSR count). The van der Waals surface area contributed by atoms with E-state index < -0.39 is 4.92 Å². The van der Waals surface area contributed by atoms with Crippen molar-refractivity contribution in [1.82, 2.24) is 14.8 Å². The zero-order chi connectivity index (χ0) is 14.0. The summed E-state index contributed by atoms with van der Waals surface area (Å²) in [4.78, 5) is 24.1. The van der Waals surface area contributed by atoms with Gasteiger partial charge in [0.1, 0.15) is 5.69 Å². The average Bonchev–Trinajstić information content (AvgIpc) is 2.89. The van der Waals surface area contributed by atoms with Crippen molar-refractivity contribution >= 4 is 22.8 Å². The maximum Gasteiger partial charge on any atom is 0.333 e. The molecule has 0 aliphatic heterocycles. The topological polar surface area (TPSA) is 106 Å². The summed E-state index contributed by atoms with van der Waals surface area (Å²) < 4.78 is 1.54. The molecule has 0 atom stereocenters. The van der Waals surface area contributed by atoms with E-state index in [1.165, 1.54) is 4.68 Å². The van der Waals surface area contributed by atoms with Gasteiger partial charge in [0.2, 0.25) is 5.82 Å². The number of thiazole rings is 1. The predicted molar refractivity (Wildman–Crippen MR) is 71.6 cm³/mol. The molecule has 0 unspecified atom stereocenters. The SMILES string of the molecule is CCn1nc(C)c([N+](=O)[O-])c1NCc1csc(=O)[nH]1. The van der Waals surface area contributed by atoms with Crippen LogP contribution in [-0.2, 0) is 13.1 Å². The first kappa shape index (κ1) is 13.3. The first-order chi connectivity index (χ1) is 9.02. The van der Waals surface area contributed by atoms with Crippen LogP contribution in [-0.4, -0.2) is 19.7 Å². The van der Waals surface area contributed by atoms with Gasteiger partial charge in [-0.25, -0.2) is 4.68 Å². The number of nitrogens with zero attached hydrogens (tertiary/aromatic N) is 3. The number of anilines is 1. The van der Waals surface area contributed by atoms with E-state index >= 15 is 0 Å². The molecule has 102 valence electrons. The summed E-state index contributed by atoms with van der Waals surface area (Å²) in [5, 5.41) is 19.8. The molecule has 8 nitrogen and oxygen atoms in total. The molecule has 0 spiro atoms. The fourth-order valence-electron chi connectivity index (χ4n) is 1.77. The van der Waals surface area contributed by atoms with E-state index in [0.717, 1.165) is 11.3 Å². The fraction of sp³-hybridized carbons (Fsp3) is 0.400. The minimum atomic E-state index is -0.451. The lowest BCUT2D eigenvalue weighted by Gasteiger charge is -2.06. The van der Waals surface area contributed by atoms with Gasteiger partial charge >= 0.3 is 10.6 Å². The summed E-state index contributed by atoms with van der Waals surface area (Å²) in [6.45, 7) is 4.29. The smallest absolute Gasteiger partial charge is 0.333 e. The van der Waals surface area contributed by atoms with E-state index in [0.29, 0.717) is 30.3 Å². The van der Waals surface area contributed by atoms with E-state index in [4.69, 9.17) is 0 Å².